The van der Waals surface area contributed by atoms with Gasteiger partial charge in [-0.15, -0.1) is 0 Å². The van der Waals surface area contributed by atoms with Crippen molar-refractivity contribution >= 4 is 19.4 Å². The summed E-state index contributed by atoms with van der Waals surface area (Å²) < 4.78 is 18.4. The van der Waals surface area contributed by atoms with Gasteiger partial charge in [0.25, 0.3) is 0 Å². The van der Waals surface area contributed by atoms with Crippen LogP contribution in [0.5, 0.6) is 17.2 Å². The molecule has 1 unspecified atom stereocenters. The van der Waals surface area contributed by atoms with Gasteiger partial charge in [-0.1, -0.05) is 57.7 Å². The third-order valence-electron chi connectivity index (χ3n) is 5.46. The monoisotopic (exact) mass is 479 g/mol. The molecule has 0 N–H and O–H groups in total. The Morgan fingerprint density at radius 3 is 1.62 bits per heavy atom. The van der Waals surface area contributed by atoms with Crippen LogP contribution in [-0.4, -0.2) is 25.3 Å². The number of ether oxygens (including phenoxy) is 3. The molecule has 182 valence electrons. The van der Waals surface area contributed by atoms with Crippen molar-refractivity contribution in [1.82, 2.24) is 0 Å². The molecule has 0 aromatic heterocycles. The third kappa shape index (κ3) is 9.30. The molecule has 0 aliphatic rings. The van der Waals surface area contributed by atoms with E-state index in [2.05, 4.69) is 39.8 Å². The molecule has 0 heterocycles. The van der Waals surface area contributed by atoms with Gasteiger partial charge in [0, 0.05) is 17.7 Å². The zero-order valence-electron chi connectivity index (χ0n) is 22.3. The van der Waals surface area contributed by atoms with Gasteiger partial charge in [-0.2, -0.15) is 0 Å². The molecular formula is C28H41LiO4P+. The number of hydrogen-bond donors (Lipinski definition) is 0. The van der Waals surface area contributed by atoms with E-state index in [-0.39, 0.29) is 33.0 Å². The summed E-state index contributed by atoms with van der Waals surface area (Å²) in [6, 6.07) is 8.02. The molecule has 2 rings (SSSR count). The van der Waals surface area contributed by atoms with Crippen molar-refractivity contribution in [2.24, 2.45) is 0 Å². The fraction of sp³-hybridized carbons (Fsp3) is 0.536. The van der Waals surface area contributed by atoms with Crippen LogP contribution in [0, 0.1) is 20.8 Å². The molecule has 2 aromatic rings. The SMILES string of the molecule is CCCCOc1cc(OCCCC)c(PC(=O)c2c(C)cc(C)cc2C)c(OCCCC)c1.[Li+]. The number of aryl methyl sites for hydroxylation is 3. The minimum absolute atomic E-state index is 0. The van der Waals surface area contributed by atoms with E-state index in [9.17, 15) is 4.79 Å². The van der Waals surface area contributed by atoms with Gasteiger partial charge in [0.1, 0.15) is 17.2 Å². The van der Waals surface area contributed by atoms with Gasteiger partial charge in [-0.3, -0.25) is 4.79 Å². The van der Waals surface area contributed by atoms with Gasteiger partial charge in [0.15, 0.2) is 5.52 Å². The van der Waals surface area contributed by atoms with Crippen molar-refractivity contribution in [2.75, 3.05) is 19.8 Å². The fourth-order valence-corrected chi connectivity index (χ4v) is 4.98. The summed E-state index contributed by atoms with van der Waals surface area (Å²) in [4.78, 5) is 13.5. The van der Waals surface area contributed by atoms with Crippen molar-refractivity contribution in [3.8, 4) is 17.2 Å². The Bertz CT molecular complexity index is 859. The predicted octanol–water partition coefficient (Wildman–Crippen LogP) is 4.30. The van der Waals surface area contributed by atoms with E-state index in [0.717, 1.165) is 66.3 Å². The van der Waals surface area contributed by atoms with Crippen LogP contribution in [0.1, 0.15) is 86.3 Å². The van der Waals surface area contributed by atoms with Crippen LogP contribution in [0.4, 0.5) is 0 Å². The molecule has 0 radical (unpaired) electrons. The van der Waals surface area contributed by atoms with Crippen LogP contribution in [0.3, 0.4) is 0 Å². The first kappa shape index (κ1) is 30.6. The predicted molar refractivity (Wildman–Crippen MR) is 141 cm³/mol. The molecule has 34 heavy (non-hydrogen) atoms. The molecule has 0 saturated carbocycles. The van der Waals surface area contributed by atoms with Crippen LogP contribution < -0.4 is 38.4 Å². The van der Waals surface area contributed by atoms with E-state index < -0.39 is 0 Å². The average molecular weight is 480 g/mol. The van der Waals surface area contributed by atoms with Crippen molar-refractivity contribution in [1.29, 1.82) is 0 Å². The van der Waals surface area contributed by atoms with Gasteiger partial charge >= 0.3 is 18.9 Å². The summed E-state index contributed by atoms with van der Waals surface area (Å²) in [6.45, 7) is 14.4. The maximum atomic E-state index is 13.5. The summed E-state index contributed by atoms with van der Waals surface area (Å²) in [5, 5.41) is 0.842. The number of carbonyl (C=O) groups excluding carboxylic acids is 1. The van der Waals surface area contributed by atoms with Gasteiger partial charge in [-0.25, -0.2) is 0 Å². The number of unbranched alkanes of at least 4 members (excludes halogenated alkanes) is 3. The molecule has 6 heteroatoms. The maximum Gasteiger partial charge on any atom is 1.00 e. The first-order valence-electron chi connectivity index (χ1n) is 12.4. The van der Waals surface area contributed by atoms with Crippen LogP contribution in [0.15, 0.2) is 24.3 Å². The molecule has 0 amide bonds. The average Bonchev–Trinajstić information content (AvgIpc) is 2.75. The van der Waals surface area contributed by atoms with E-state index in [4.69, 9.17) is 14.2 Å². The van der Waals surface area contributed by atoms with E-state index in [0.29, 0.717) is 31.3 Å². The molecule has 0 saturated heterocycles. The Balaban J connectivity index is 0.00000578. The number of rotatable bonds is 15. The maximum absolute atomic E-state index is 13.5. The van der Waals surface area contributed by atoms with Gasteiger partial charge < -0.3 is 14.2 Å². The standard InChI is InChI=1S/C28H41O4P.Li/c1-7-10-13-30-23-18-24(31-14-11-8-2)27(25(19-23)32-15-12-9-3)33-28(29)26-21(5)16-20(4)17-22(26)6;/h16-19,33H,7-15H2,1-6H3;/q;+1. The van der Waals surface area contributed by atoms with E-state index in [1.807, 2.05) is 26.0 Å². The molecule has 2 aromatic carbocycles. The van der Waals surface area contributed by atoms with Gasteiger partial charge in [0.05, 0.1) is 25.1 Å². The van der Waals surface area contributed by atoms with Crippen LogP contribution in [0.25, 0.3) is 0 Å². The number of benzene rings is 2. The summed E-state index contributed by atoms with van der Waals surface area (Å²) in [5.74, 6) is 2.15. The van der Waals surface area contributed by atoms with E-state index in [1.54, 1.807) is 0 Å². The third-order valence-corrected chi connectivity index (χ3v) is 6.68. The zero-order chi connectivity index (χ0) is 24.2. The molecule has 4 nitrogen and oxygen atoms in total. The minimum Gasteiger partial charge on any atom is -0.493 e. The Hall–Kier alpha value is -1.46. The van der Waals surface area contributed by atoms with Crippen molar-refractivity contribution in [2.45, 2.75) is 80.1 Å². The molecule has 0 spiro atoms. The van der Waals surface area contributed by atoms with Crippen molar-refractivity contribution in [3.63, 3.8) is 0 Å². The largest absolute Gasteiger partial charge is 1.00 e. The minimum atomic E-state index is -0.0789. The quantitative estimate of drug-likeness (QED) is 0.217. The van der Waals surface area contributed by atoms with Crippen LogP contribution in [0.2, 0.25) is 0 Å². The normalized spacial score (nSPS) is 10.9. The summed E-state index contributed by atoms with van der Waals surface area (Å²) >= 11 is 0. The molecular weight excluding hydrogens is 438 g/mol. The first-order valence-corrected chi connectivity index (χ1v) is 13.4. The Kier molecular flexibility index (Phi) is 14.6. The number of carbonyl (C=O) groups is 1. The Labute approximate surface area is 220 Å². The molecule has 0 aliphatic carbocycles. The second-order valence-corrected chi connectivity index (χ2v) is 9.83. The Morgan fingerprint density at radius 1 is 0.735 bits per heavy atom. The smallest absolute Gasteiger partial charge is 0.493 e. The fourth-order valence-electron chi connectivity index (χ4n) is 3.70. The first-order chi connectivity index (χ1) is 15.9. The molecule has 1 atom stereocenters. The van der Waals surface area contributed by atoms with Crippen molar-refractivity contribution in [3.05, 3.63) is 46.5 Å². The van der Waals surface area contributed by atoms with E-state index in [1.165, 1.54) is 5.56 Å². The number of hydrogen-bond acceptors (Lipinski definition) is 4. The molecule has 0 bridgehead atoms. The van der Waals surface area contributed by atoms with E-state index >= 15 is 0 Å². The second-order valence-electron chi connectivity index (χ2n) is 8.63. The second kappa shape index (κ2) is 16.3. The van der Waals surface area contributed by atoms with Gasteiger partial charge in [-0.05, 0) is 59.7 Å². The van der Waals surface area contributed by atoms with Crippen molar-refractivity contribution < 1.29 is 37.9 Å². The zero-order valence-corrected chi connectivity index (χ0v) is 23.3. The Morgan fingerprint density at radius 2 is 1.18 bits per heavy atom. The molecule has 0 aliphatic heterocycles. The summed E-state index contributed by atoms with van der Waals surface area (Å²) in [5.41, 5.74) is 4.13. The topological polar surface area (TPSA) is 44.8 Å². The summed E-state index contributed by atoms with van der Waals surface area (Å²) in [7, 11) is -0.0789. The van der Waals surface area contributed by atoms with Crippen LogP contribution >= 0.6 is 8.58 Å². The molecule has 0 fully saturated rings. The summed E-state index contributed by atoms with van der Waals surface area (Å²) in [6.07, 6.45) is 6.07. The van der Waals surface area contributed by atoms with Gasteiger partial charge in [0.2, 0.25) is 0 Å². The van der Waals surface area contributed by atoms with Crippen LogP contribution in [-0.2, 0) is 0 Å².